The van der Waals surface area contributed by atoms with Gasteiger partial charge in [-0.1, -0.05) is 12.1 Å². The summed E-state index contributed by atoms with van der Waals surface area (Å²) in [7, 11) is 1.61. The van der Waals surface area contributed by atoms with Gasteiger partial charge in [-0.3, -0.25) is 9.59 Å². The van der Waals surface area contributed by atoms with E-state index in [0.29, 0.717) is 44.1 Å². The lowest BCUT2D eigenvalue weighted by atomic mass is 10.1. The molecule has 148 valence electrons. The van der Waals surface area contributed by atoms with Crippen LogP contribution in [0.4, 0.5) is 11.4 Å². The highest BCUT2D eigenvalue weighted by molar-refractivity contribution is 6.01. The van der Waals surface area contributed by atoms with Crippen molar-refractivity contribution in [3.8, 4) is 5.75 Å². The highest BCUT2D eigenvalue weighted by Gasteiger charge is 2.19. The van der Waals surface area contributed by atoms with E-state index < -0.39 is 0 Å². The van der Waals surface area contributed by atoms with Crippen molar-refractivity contribution in [3.63, 3.8) is 0 Å². The molecule has 0 bridgehead atoms. The number of ether oxygens (including phenoxy) is 2. The third-order valence-electron chi connectivity index (χ3n) is 4.50. The molecule has 0 saturated carbocycles. The fourth-order valence-electron chi connectivity index (χ4n) is 3.13. The van der Waals surface area contributed by atoms with Crippen LogP contribution in [0.25, 0.3) is 0 Å². The van der Waals surface area contributed by atoms with Gasteiger partial charge in [0.1, 0.15) is 5.75 Å². The van der Waals surface area contributed by atoms with Gasteiger partial charge in [-0.25, -0.2) is 0 Å². The second-order valence-corrected chi connectivity index (χ2v) is 6.55. The van der Waals surface area contributed by atoms with Crippen LogP contribution in [0.1, 0.15) is 22.8 Å². The standard InChI is InChI=1S/C21H25N3O4/c1-15(25)23-17-6-7-19(20(13-17)24-8-10-28-11-9-24)21(26)22-14-16-4-3-5-18(12-16)27-2/h3-7,12-13H,8-11,14H2,1-2H3,(H,22,26)(H,23,25). The Balaban J connectivity index is 1.79. The van der Waals surface area contributed by atoms with Crippen molar-refractivity contribution in [2.75, 3.05) is 43.6 Å². The molecule has 0 spiro atoms. The lowest BCUT2D eigenvalue weighted by Crippen LogP contribution is -2.38. The molecule has 0 aromatic heterocycles. The lowest BCUT2D eigenvalue weighted by molar-refractivity contribution is -0.114. The van der Waals surface area contributed by atoms with Crippen LogP contribution in [0.5, 0.6) is 5.75 Å². The summed E-state index contributed by atoms with van der Waals surface area (Å²) in [6, 6.07) is 12.9. The number of hydrogen-bond donors (Lipinski definition) is 2. The fraction of sp³-hybridized carbons (Fsp3) is 0.333. The Morgan fingerprint density at radius 1 is 1.14 bits per heavy atom. The summed E-state index contributed by atoms with van der Waals surface area (Å²) in [4.78, 5) is 26.4. The third kappa shape index (κ3) is 5.01. The van der Waals surface area contributed by atoms with Gasteiger partial charge in [0, 0.05) is 32.2 Å². The maximum atomic E-state index is 12.9. The summed E-state index contributed by atoms with van der Waals surface area (Å²) in [5, 5.41) is 5.75. The number of hydrogen-bond acceptors (Lipinski definition) is 5. The average molecular weight is 383 g/mol. The van der Waals surface area contributed by atoms with Crippen LogP contribution in [-0.2, 0) is 16.1 Å². The van der Waals surface area contributed by atoms with Gasteiger partial charge in [0.2, 0.25) is 5.91 Å². The van der Waals surface area contributed by atoms with Gasteiger partial charge in [0.25, 0.3) is 5.91 Å². The molecule has 2 aromatic rings. The van der Waals surface area contributed by atoms with Crippen molar-refractivity contribution < 1.29 is 19.1 Å². The van der Waals surface area contributed by atoms with E-state index in [9.17, 15) is 9.59 Å². The zero-order chi connectivity index (χ0) is 19.9. The first kappa shape index (κ1) is 19.7. The van der Waals surface area contributed by atoms with Gasteiger partial charge in [0.05, 0.1) is 31.6 Å². The van der Waals surface area contributed by atoms with Crippen LogP contribution in [0.3, 0.4) is 0 Å². The molecule has 2 aromatic carbocycles. The number of amides is 2. The highest BCUT2D eigenvalue weighted by atomic mass is 16.5. The normalized spacial score (nSPS) is 13.7. The number of methoxy groups -OCH3 is 1. The minimum atomic E-state index is -0.168. The van der Waals surface area contributed by atoms with E-state index in [-0.39, 0.29) is 11.8 Å². The van der Waals surface area contributed by atoms with Gasteiger partial charge in [-0.15, -0.1) is 0 Å². The van der Waals surface area contributed by atoms with Crippen molar-refractivity contribution >= 4 is 23.2 Å². The molecule has 0 aliphatic carbocycles. The quantitative estimate of drug-likeness (QED) is 0.801. The number of carbonyl (C=O) groups excluding carboxylic acids is 2. The van der Waals surface area contributed by atoms with E-state index in [4.69, 9.17) is 9.47 Å². The average Bonchev–Trinajstić information content (AvgIpc) is 2.72. The topological polar surface area (TPSA) is 79.9 Å². The van der Waals surface area contributed by atoms with E-state index in [1.807, 2.05) is 30.3 Å². The number of morpholine rings is 1. The monoisotopic (exact) mass is 383 g/mol. The van der Waals surface area contributed by atoms with E-state index in [0.717, 1.165) is 17.0 Å². The zero-order valence-electron chi connectivity index (χ0n) is 16.2. The largest absolute Gasteiger partial charge is 0.497 e. The zero-order valence-corrected chi connectivity index (χ0v) is 16.2. The third-order valence-corrected chi connectivity index (χ3v) is 4.50. The Labute approximate surface area is 164 Å². The van der Waals surface area contributed by atoms with E-state index in [1.54, 1.807) is 19.2 Å². The molecular formula is C21H25N3O4. The molecule has 2 N–H and O–H groups in total. The van der Waals surface area contributed by atoms with Crippen LogP contribution in [0.2, 0.25) is 0 Å². The first-order chi connectivity index (χ1) is 13.6. The number of rotatable bonds is 6. The summed E-state index contributed by atoms with van der Waals surface area (Å²) in [6.07, 6.45) is 0. The van der Waals surface area contributed by atoms with Crippen molar-refractivity contribution in [2.24, 2.45) is 0 Å². The Hall–Kier alpha value is -3.06. The summed E-state index contributed by atoms with van der Waals surface area (Å²) >= 11 is 0. The minimum absolute atomic E-state index is 0.150. The molecule has 0 unspecified atom stereocenters. The molecule has 7 heteroatoms. The van der Waals surface area contributed by atoms with Crippen LogP contribution < -0.4 is 20.3 Å². The predicted octanol–water partition coefficient (Wildman–Crippen LogP) is 2.42. The van der Waals surface area contributed by atoms with E-state index in [2.05, 4.69) is 15.5 Å². The number of nitrogens with one attached hydrogen (secondary N) is 2. The molecule has 1 aliphatic rings. The number of anilines is 2. The molecule has 1 heterocycles. The van der Waals surface area contributed by atoms with Crippen molar-refractivity contribution in [3.05, 3.63) is 53.6 Å². The summed E-state index contributed by atoms with van der Waals surface area (Å²) in [5.41, 5.74) is 2.98. The summed E-state index contributed by atoms with van der Waals surface area (Å²) < 4.78 is 10.6. The minimum Gasteiger partial charge on any atom is -0.497 e. The van der Waals surface area contributed by atoms with Gasteiger partial charge < -0.3 is 25.0 Å². The van der Waals surface area contributed by atoms with Gasteiger partial charge >= 0.3 is 0 Å². The van der Waals surface area contributed by atoms with Gasteiger partial charge in [0.15, 0.2) is 0 Å². The number of carbonyl (C=O) groups is 2. The molecule has 1 fully saturated rings. The second-order valence-electron chi connectivity index (χ2n) is 6.55. The van der Waals surface area contributed by atoms with E-state index in [1.165, 1.54) is 6.92 Å². The second kappa shape index (κ2) is 9.23. The Kier molecular flexibility index (Phi) is 6.49. The highest BCUT2D eigenvalue weighted by Crippen LogP contribution is 2.26. The van der Waals surface area contributed by atoms with Crippen LogP contribution in [-0.4, -0.2) is 45.2 Å². The molecule has 2 amide bonds. The molecule has 3 rings (SSSR count). The lowest BCUT2D eigenvalue weighted by Gasteiger charge is -2.30. The van der Waals surface area contributed by atoms with Crippen LogP contribution in [0, 0.1) is 0 Å². The predicted molar refractivity (Wildman–Crippen MR) is 108 cm³/mol. The van der Waals surface area contributed by atoms with Crippen molar-refractivity contribution in [1.82, 2.24) is 5.32 Å². The Morgan fingerprint density at radius 2 is 1.93 bits per heavy atom. The molecule has 28 heavy (non-hydrogen) atoms. The van der Waals surface area contributed by atoms with Crippen LogP contribution in [0.15, 0.2) is 42.5 Å². The van der Waals surface area contributed by atoms with E-state index >= 15 is 0 Å². The smallest absolute Gasteiger partial charge is 0.253 e. The van der Waals surface area contributed by atoms with Crippen LogP contribution >= 0.6 is 0 Å². The Morgan fingerprint density at radius 3 is 2.64 bits per heavy atom. The maximum Gasteiger partial charge on any atom is 0.253 e. The first-order valence-corrected chi connectivity index (χ1v) is 9.22. The maximum absolute atomic E-state index is 12.9. The molecule has 1 saturated heterocycles. The van der Waals surface area contributed by atoms with Crippen molar-refractivity contribution in [2.45, 2.75) is 13.5 Å². The molecule has 0 radical (unpaired) electrons. The molecular weight excluding hydrogens is 358 g/mol. The van der Waals surface area contributed by atoms with Gasteiger partial charge in [-0.05, 0) is 35.9 Å². The number of benzene rings is 2. The SMILES string of the molecule is COc1cccc(CNC(=O)c2ccc(NC(C)=O)cc2N2CCOCC2)c1. The summed E-state index contributed by atoms with van der Waals surface area (Å²) in [6.45, 7) is 4.46. The molecule has 1 aliphatic heterocycles. The van der Waals surface area contributed by atoms with Crippen molar-refractivity contribution in [1.29, 1.82) is 0 Å². The summed E-state index contributed by atoms with van der Waals surface area (Å²) in [5.74, 6) is 0.433. The molecule has 0 atom stereocenters. The Bertz CT molecular complexity index is 847. The number of nitrogens with zero attached hydrogens (tertiary/aromatic N) is 1. The van der Waals surface area contributed by atoms with Gasteiger partial charge in [-0.2, -0.15) is 0 Å². The fourth-order valence-corrected chi connectivity index (χ4v) is 3.13. The molecule has 7 nitrogen and oxygen atoms in total. The first-order valence-electron chi connectivity index (χ1n) is 9.22.